The molecule has 2 aromatic rings. The van der Waals surface area contributed by atoms with E-state index in [1.807, 2.05) is 0 Å². The first kappa shape index (κ1) is 25.1. The van der Waals surface area contributed by atoms with E-state index >= 15 is 0 Å². The lowest BCUT2D eigenvalue weighted by Crippen LogP contribution is -2.41. The summed E-state index contributed by atoms with van der Waals surface area (Å²) in [7, 11) is 1.27. The molecule has 2 aromatic carbocycles. The van der Waals surface area contributed by atoms with Gasteiger partial charge in [-0.3, -0.25) is 19.3 Å². The molecule has 0 bridgehead atoms. The van der Waals surface area contributed by atoms with Crippen LogP contribution in [-0.2, 0) is 23.9 Å². The van der Waals surface area contributed by atoms with Gasteiger partial charge < -0.3 is 19.7 Å². The van der Waals surface area contributed by atoms with Crippen molar-refractivity contribution < 1.29 is 28.7 Å². The molecule has 0 radical (unpaired) electrons. The Hall–Kier alpha value is -3.50. The number of rotatable bonds is 8. The first-order valence-corrected chi connectivity index (χ1v) is 11.1. The highest BCUT2D eigenvalue weighted by atomic mass is 35.5. The maximum absolute atomic E-state index is 13.3. The normalized spacial score (nSPS) is 15.3. The summed E-state index contributed by atoms with van der Waals surface area (Å²) in [5, 5.41) is 3.25. The van der Waals surface area contributed by atoms with E-state index in [9.17, 15) is 19.2 Å². The third-order valence-electron chi connectivity index (χ3n) is 4.98. The predicted molar refractivity (Wildman–Crippen MR) is 130 cm³/mol. The molecule has 9 nitrogen and oxygen atoms in total. The molecule has 1 fully saturated rings. The van der Waals surface area contributed by atoms with E-state index in [4.69, 9.17) is 28.6 Å². The number of benzene rings is 2. The Morgan fingerprint density at radius 1 is 1.09 bits per heavy atom. The molecule has 0 saturated carbocycles. The molecular weight excluding hydrogens is 482 g/mol. The Morgan fingerprint density at radius 2 is 1.74 bits per heavy atom. The van der Waals surface area contributed by atoms with Crippen molar-refractivity contribution in [1.82, 2.24) is 4.90 Å². The van der Waals surface area contributed by atoms with Crippen molar-refractivity contribution in [2.24, 2.45) is 0 Å². The summed E-state index contributed by atoms with van der Waals surface area (Å²) in [5.41, 5.74) is 1.22. The molecule has 1 aliphatic heterocycles. The second-order valence-electron chi connectivity index (χ2n) is 7.20. The molecule has 2 amide bonds. The number of halogens is 1. The molecule has 1 aliphatic rings. The number of carbonyl (C=O) groups is 4. The number of esters is 2. The summed E-state index contributed by atoms with van der Waals surface area (Å²) in [6.45, 7) is 1.55. The molecule has 1 N–H and O–H groups in total. The fourth-order valence-electron chi connectivity index (χ4n) is 3.38. The van der Waals surface area contributed by atoms with Crippen molar-refractivity contribution in [3.63, 3.8) is 0 Å². The van der Waals surface area contributed by atoms with E-state index < -0.39 is 29.8 Å². The van der Waals surface area contributed by atoms with Gasteiger partial charge in [-0.05, 0) is 67.7 Å². The fourth-order valence-corrected chi connectivity index (χ4v) is 3.90. The maximum atomic E-state index is 13.3. The summed E-state index contributed by atoms with van der Waals surface area (Å²) in [5.74, 6) is -1.99. The van der Waals surface area contributed by atoms with Gasteiger partial charge in [0.05, 0.1) is 31.4 Å². The van der Waals surface area contributed by atoms with Crippen LogP contribution in [0.3, 0.4) is 0 Å². The van der Waals surface area contributed by atoms with Crippen LogP contribution in [0.4, 0.5) is 11.4 Å². The Bertz CT molecular complexity index is 1110. The summed E-state index contributed by atoms with van der Waals surface area (Å²) in [6, 6.07) is 11.6. The minimum atomic E-state index is -1.01. The van der Waals surface area contributed by atoms with Gasteiger partial charge >= 0.3 is 11.9 Å². The van der Waals surface area contributed by atoms with E-state index in [0.29, 0.717) is 22.0 Å². The number of hydrogen-bond acceptors (Lipinski definition) is 7. The Kier molecular flexibility index (Phi) is 8.19. The molecule has 178 valence electrons. The minimum absolute atomic E-state index is 0.0839. The van der Waals surface area contributed by atoms with Crippen molar-refractivity contribution in [2.45, 2.75) is 19.4 Å². The van der Waals surface area contributed by atoms with Gasteiger partial charge in [0.25, 0.3) is 5.91 Å². The standard InChI is InChI=1S/C23H22ClN3O6S/c1-3-33-20(29)13-26-18(21(30)27(23(26)34)17-10-6-15(24)7-11-17)12-19(28)25-16-8-4-14(5-9-16)22(31)32-2/h4-11,18H,3,12-13H2,1-2H3,(H,25,28)/t18-/m0/s1. The summed E-state index contributed by atoms with van der Waals surface area (Å²) in [4.78, 5) is 52.4. The maximum Gasteiger partial charge on any atom is 0.337 e. The number of thiocarbonyl (C=S) groups is 1. The predicted octanol–water partition coefficient (Wildman–Crippen LogP) is 3.02. The first-order chi connectivity index (χ1) is 16.2. The first-order valence-electron chi connectivity index (χ1n) is 10.3. The van der Waals surface area contributed by atoms with Crippen LogP contribution in [0.2, 0.25) is 5.02 Å². The Labute approximate surface area is 206 Å². The van der Waals surface area contributed by atoms with Crippen LogP contribution < -0.4 is 10.2 Å². The van der Waals surface area contributed by atoms with Crippen molar-refractivity contribution in [3.05, 3.63) is 59.1 Å². The second-order valence-corrected chi connectivity index (χ2v) is 8.00. The Morgan fingerprint density at radius 3 is 2.32 bits per heavy atom. The highest BCUT2D eigenvalue weighted by Gasteiger charge is 2.45. The van der Waals surface area contributed by atoms with E-state index in [0.717, 1.165) is 0 Å². The number of ether oxygens (including phenoxy) is 2. The van der Waals surface area contributed by atoms with Gasteiger partial charge in [-0.2, -0.15) is 0 Å². The zero-order valence-electron chi connectivity index (χ0n) is 18.4. The molecule has 3 rings (SSSR count). The summed E-state index contributed by atoms with van der Waals surface area (Å²) >= 11 is 11.4. The van der Waals surface area contributed by atoms with E-state index in [1.54, 1.807) is 43.3 Å². The third-order valence-corrected chi connectivity index (χ3v) is 5.65. The van der Waals surface area contributed by atoms with E-state index in [2.05, 4.69) is 10.1 Å². The SMILES string of the molecule is CCOC(=O)CN1C(=S)N(c2ccc(Cl)cc2)C(=O)[C@@H]1CC(=O)Nc1ccc(C(=O)OC)cc1. The average molecular weight is 504 g/mol. The van der Waals surface area contributed by atoms with E-state index in [1.165, 1.54) is 29.0 Å². The fraction of sp³-hybridized carbons (Fsp3) is 0.261. The number of carbonyl (C=O) groups excluding carboxylic acids is 4. The zero-order chi connectivity index (χ0) is 24.8. The van der Waals surface area contributed by atoms with Gasteiger partial charge in [0, 0.05) is 10.7 Å². The van der Waals surface area contributed by atoms with Crippen LogP contribution in [0.1, 0.15) is 23.7 Å². The van der Waals surface area contributed by atoms with Gasteiger partial charge in [-0.25, -0.2) is 4.79 Å². The third kappa shape index (κ3) is 5.70. The molecular formula is C23H22ClN3O6S. The number of anilines is 2. The van der Waals surface area contributed by atoms with Crippen LogP contribution in [-0.4, -0.2) is 60.1 Å². The monoisotopic (exact) mass is 503 g/mol. The van der Waals surface area contributed by atoms with Crippen molar-refractivity contribution >= 4 is 64.1 Å². The van der Waals surface area contributed by atoms with Crippen molar-refractivity contribution in [2.75, 3.05) is 30.5 Å². The number of methoxy groups -OCH3 is 1. The molecule has 11 heteroatoms. The van der Waals surface area contributed by atoms with Crippen molar-refractivity contribution in [1.29, 1.82) is 0 Å². The minimum Gasteiger partial charge on any atom is -0.465 e. The molecule has 0 aromatic heterocycles. The smallest absolute Gasteiger partial charge is 0.337 e. The zero-order valence-corrected chi connectivity index (χ0v) is 20.0. The highest BCUT2D eigenvalue weighted by molar-refractivity contribution is 7.80. The van der Waals surface area contributed by atoms with Gasteiger partial charge in [-0.15, -0.1) is 0 Å². The molecule has 0 spiro atoms. The van der Waals surface area contributed by atoms with Crippen LogP contribution >= 0.6 is 23.8 Å². The van der Waals surface area contributed by atoms with Gasteiger partial charge in [0.2, 0.25) is 5.91 Å². The second kappa shape index (κ2) is 11.1. The number of nitrogens with one attached hydrogen (secondary N) is 1. The van der Waals surface area contributed by atoms with E-state index in [-0.39, 0.29) is 24.7 Å². The molecule has 1 atom stereocenters. The summed E-state index contributed by atoms with van der Waals surface area (Å²) in [6.07, 6.45) is -0.263. The van der Waals surface area contributed by atoms with Crippen molar-refractivity contribution in [3.8, 4) is 0 Å². The van der Waals surface area contributed by atoms with Gasteiger partial charge in [0.1, 0.15) is 12.6 Å². The molecule has 1 heterocycles. The van der Waals surface area contributed by atoms with Crippen LogP contribution in [0.15, 0.2) is 48.5 Å². The molecule has 1 saturated heterocycles. The van der Waals surface area contributed by atoms with Crippen LogP contribution in [0.5, 0.6) is 0 Å². The number of hydrogen-bond donors (Lipinski definition) is 1. The van der Waals surface area contributed by atoms with Crippen LogP contribution in [0.25, 0.3) is 0 Å². The lowest BCUT2D eigenvalue weighted by atomic mass is 10.1. The number of nitrogens with zero attached hydrogens (tertiary/aromatic N) is 2. The Balaban J connectivity index is 1.79. The number of amides is 2. The summed E-state index contributed by atoms with van der Waals surface area (Å²) < 4.78 is 9.66. The molecule has 0 unspecified atom stereocenters. The topological polar surface area (TPSA) is 105 Å². The molecule has 34 heavy (non-hydrogen) atoms. The van der Waals surface area contributed by atoms with Gasteiger partial charge in [0.15, 0.2) is 5.11 Å². The quantitative estimate of drug-likeness (QED) is 0.433. The lowest BCUT2D eigenvalue weighted by Gasteiger charge is -2.22. The average Bonchev–Trinajstić information content (AvgIpc) is 3.03. The highest BCUT2D eigenvalue weighted by Crippen LogP contribution is 2.28. The largest absolute Gasteiger partial charge is 0.465 e. The van der Waals surface area contributed by atoms with Crippen LogP contribution in [0, 0.1) is 0 Å². The molecule has 0 aliphatic carbocycles. The van der Waals surface area contributed by atoms with Gasteiger partial charge in [-0.1, -0.05) is 11.6 Å². The lowest BCUT2D eigenvalue weighted by molar-refractivity contribution is -0.144.